The molecule has 31 heavy (non-hydrogen) atoms. The molecule has 0 unspecified atom stereocenters. The third-order valence-electron chi connectivity index (χ3n) is 6.15. The predicted molar refractivity (Wildman–Crippen MR) is 120 cm³/mol. The van der Waals surface area contributed by atoms with Gasteiger partial charge in [0.15, 0.2) is 0 Å². The van der Waals surface area contributed by atoms with Crippen LogP contribution >= 0.6 is 0 Å². The molecule has 1 aliphatic heterocycles. The van der Waals surface area contributed by atoms with Crippen molar-refractivity contribution < 1.29 is 17.9 Å². The lowest BCUT2D eigenvalue weighted by molar-refractivity contribution is 0.0729. The van der Waals surface area contributed by atoms with Gasteiger partial charge in [0, 0.05) is 18.7 Å². The number of hydrogen-bond donors (Lipinski definition) is 1. The van der Waals surface area contributed by atoms with Gasteiger partial charge in [-0.05, 0) is 67.0 Å². The molecule has 0 saturated carbocycles. The SMILES string of the molecule is C[C@@H](NC(=O)c1ccc(CS(=O)(=O)N2CCOCC2)cc1)c1ccc2c(c1)CCCC2. The molecular formula is C24H30N2O4S. The lowest BCUT2D eigenvalue weighted by atomic mass is 9.89. The quantitative estimate of drug-likeness (QED) is 0.745. The Hall–Kier alpha value is -2.22. The molecule has 166 valence electrons. The van der Waals surface area contributed by atoms with Crippen LogP contribution in [0.4, 0.5) is 0 Å². The van der Waals surface area contributed by atoms with E-state index in [2.05, 4.69) is 23.5 Å². The van der Waals surface area contributed by atoms with Gasteiger partial charge in [0.2, 0.25) is 10.0 Å². The smallest absolute Gasteiger partial charge is 0.251 e. The summed E-state index contributed by atoms with van der Waals surface area (Å²) in [6, 6.07) is 13.2. The molecule has 1 saturated heterocycles. The van der Waals surface area contributed by atoms with Crippen molar-refractivity contribution in [3.05, 3.63) is 70.3 Å². The van der Waals surface area contributed by atoms with Crippen molar-refractivity contribution in [1.29, 1.82) is 0 Å². The van der Waals surface area contributed by atoms with E-state index in [1.165, 1.54) is 28.3 Å². The topological polar surface area (TPSA) is 75.7 Å². The second-order valence-corrected chi connectivity index (χ2v) is 10.4. The number of amides is 1. The summed E-state index contributed by atoms with van der Waals surface area (Å²) >= 11 is 0. The molecule has 1 N–H and O–H groups in total. The molecule has 0 spiro atoms. The van der Waals surface area contributed by atoms with Crippen LogP contribution in [0.2, 0.25) is 0 Å². The number of nitrogens with one attached hydrogen (secondary N) is 1. The second kappa shape index (κ2) is 9.51. The monoisotopic (exact) mass is 442 g/mol. The van der Waals surface area contributed by atoms with E-state index >= 15 is 0 Å². The molecule has 1 atom stereocenters. The van der Waals surface area contributed by atoms with Crippen molar-refractivity contribution in [2.45, 2.75) is 44.4 Å². The zero-order valence-corrected chi connectivity index (χ0v) is 18.8. The molecule has 0 radical (unpaired) electrons. The first-order chi connectivity index (χ1) is 14.9. The molecule has 1 fully saturated rings. The first kappa shape index (κ1) is 22.0. The van der Waals surface area contributed by atoms with E-state index in [4.69, 9.17) is 4.74 Å². The Labute approximate surface area is 184 Å². The second-order valence-electron chi connectivity index (χ2n) is 8.39. The molecule has 1 amide bonds. The highest BCUT2D eigenvalue weighted by Gasteiger charge is 2.24. The van der Waals surface area contributed by atoms with Gasteiger partial charge in [0.05, 0.1) is 25.0 Å². The summed E-state index contributed by atoms with van der Waals surface area (Å²) in [7, 11) is -3.38. The highest BCUT2D eigenvalue weighted by Crippen LogP contribution is 2.25. The standard InChI is InChI=1S/C24H30N2O4S/c1-18(22-11-10-20-4-2-3-5-23(20)16-22)25-24(27)21-8-6-19(7-9-21)17-31(28,29)26-12-14-30-15-13-26/h6-11,16,18H,2-5,12-15,17H2,1H3,(H,25,27)/t18-/m1/s1. The minimum Gasteiger partial charge on any atom is -0.379 e. The van der Waals surface area contributed by atoms with Gasteiger partial charge >= 0.3 is 0 Å². The van der Waals surface area contributed by atoms with E-state index in [0.717, 1.165) is 18.4 Å². The summed E-state index contributed by atoms with van der Waals surface area (Å²) in [5, 5.41) is 3.06. The van der Waals surface area contributed by atoms with Crippen LogP contribution in [-0.2, 0) is 33.4 Å². The van der Waals surface area contributed by atoms with Crippen LogP contribution in [0.1, 0.15) is 58.4 Å². The van der Waals surface area contributed by atoms with E-state index in [-0.39, 0.29) is 17.7 Å². The average molecular weight is 443 g/mol. The van der Waals surface area contributed by atoms with E-state index < -0.39 is 10.0 Å². The molecule has 0 aromatic heterocycles. The summed E-state index contributed by atoms with van der Waals surface area (Å²) in [5.41, 5.74) is 5.14. The number of rotatable bonds is 6. The maximum Gasteiger partial charge on any atom is 0.251 e. The van der Waals surface area contributed by atoms with Crippen molar-refractivity contribution in [3.63, 3.8) is 0 Å². The predicted octanol–water partition coefficient (Wildman–Crippen LogP) is 3.22. The largest absolute Gasteiger partial charge is 0.379 e. The number of hydrogen-bond acceptors (Lipinski definition) is 4. The molecular weight excluding hydrogens is 412 g/mol. The van der Waals surface area contributed by atoms with Gasteiger partial charge in [-0.2, -0.15) is 4.31 Å². The highest BCUT2D eigenvalue weighted by atomic mass is 32.2. The molecule has 0 bridgehead atoms. The summed E-state index contributed by atoms with van der Waals surface area (Å²) in [6.07, 6.45) is 4.73. The molecule has 4 rings (SSSR count). The van der Waals surface area contributed by atoms with Crippen LogP contribution < -0.4 is 5.32 Å². The van der Waals surface area contributed by atoms with Crippen LogP contribution in [0, 0.1) is 0 Å². The fraction of sp³-hybridized carbons (Fsp3) is 0.458. The zero-order valence-electron chi connectivity index (χ0n) is 18.0. The maximum atomic E-state index is 12.7. The number of morpholine rings is 1. The molecule has 2 aliphatic rings. The molecule has 6 nitrogen and oxygen atoms in total. The number of nitrogens with zero attached hydrogens (tertiary/aromatic N) is 1. The number of ether oxygens (including phenoxy) is 1. The zero-order chi connectivity index (χ0) is 21.8. The van der Waals surface area contributed by atoms with E-state index in [1.54, 1.807) is 24.3 Å². The maximum absolute atomic E-state index is 12.7. The number of carbonyl (C=O) groups excluding carboxylic acids is 1. The summed E-state index contributed by atoms with van der Waals surface area (Å²) in [4.78, 5) is 12.7. The molecule has 1 aliphatic carbocycles. The summed E-state index contributed by atoms with van der Waals surface area (Å²) in [5.74, 6) is -0.228. The number of sulfonamides is 1. The van der Waals surface area contributed by atoms with Crippen LogP contribution in [-0.4, -0.2) is 44.9 Å². The summed E-state index contributed by atoms with van der Waals surface area (Å²) < 4.78 is 31.8. The Bertz CT molecular complexity index is 1030. The molecule has 1 heterocycles. The Balaban J connectivity index is 1.38. The van der Waals surface area contributed by atoms with Crippen molar-refractivity contribution in [1.82, 2.24) is 9.62 Å². The Morgan fingerprint density at radius 2 is 1.71 bits per heavy atom. The van der Waals surface area contributed by atoms with E-state index in [1.807, 2.05) is 6.92 Å². The minimum atomic E-state index is -3.38. The third kappa shape index (κ3) is 5.34. The molecule has 2 aromatic rings. The first-order valence-electron chi connectivity index (χ1n) is 11.0. The minimum absolute atomic E-state index is 0.0690. The van der Waals surface area contributed by atoms with E-state index in [9.17, 15) is 13.2 Å². The first-order valence-corrected chi connectivity index (χ1v) is 12.6. The number of benzene rings is 2. The lowest BCUT2D eigenvalue weighted by Gasteiger charge is -2.26. The van der Waals surface area contributed by atoms with Crippen LogP contribution in [0.25, 0.3) is 0 Å². The van der Waals surface area contributed by atoms with Gasteiger partial charge in [-0.1, -0.05) is 30.3 Å². The Morgan fingerprint density at radius 1 is 1.03 bits per heavy atom. The van der Waals surface area contributed by atoms with Crippen molar-refractivity contribution in [2.75, 3.05) is 26.3 Å². The van der Waals surface area contributed by atoms with Crippen molar-refractivity contribution in [3.8, 4) is 0 Å². The van der Waals surface area contributed by atoms with Gasteiger partial charge in [-0.15, -0.1) is 0 Å². The third-order valence-corrected chi connectivity index (χ3v) is 8.00. The van der Waals surface area contributed by atoms with Crippen LogP contribution in [0.15, 0.2) is 42.5 Å². The summed E-state index contributed by atoms with van der Waals surface area (Å²) in [6.45, 7) is 3.64. The fourth-order valence-electron chi connectivity index (χ4n) is 4.27. The number of fused-ring (bicyclic) bond motifs is 1. The van der Waals surface area contributed by atoms with Gasteiger partial charge in [0.25, 0.3) is 5.91 Å². The number of carbonyl (C=O) groups is 1. The fourth-order valence-corrected chi connectivity index (χ4v) is 5.77. The van der Waals surface area contributed by atoms with Gasteiger partial charge < -0.3 is 10.1 Å². The average Bonchev–Trinajstić information content (AvgIpc) is 2.79. The molecule has 2 aromatic carbocycles. The van der Waals surface area contributed by atoms with Gasteiger partial charge in [-0.25, -0.2) is 8.42 Å². The lowest BCUT2D eigenvalue weighted by Crippen LogP contribution is -2.41. The number of aryl methyl sites for hydroxylation is 2. The van der Waals surface area contributed by atoms with Crippen molar-refractivity contribution >= 4 is 15.9 Å². The molecule has 7 heteroatoms. The van der Waals surface area contributed by atoms with Gasteiger partial charge in [-0.3, -0.25) is 4.79 Å². The van der Waals surface area contributed by atoms with Gasteiger partial charge in [0.1, 0.15) is 0 Å². The van der Waals surface area contributed by atoms with Crippen molar-refractivity contribution in [2.24, 2.45) is 0 Å². The highest BCUT2D eigenvalue weighted by molar-refractivity contribution is 7.88. The van der Waals surface area contributed by atoms with Crippen LogP contribution in [0.5, 0.6) is 0 Å². The van der Waals surface area contributed by atoms with Crippen LogP contribution in [0.3, 0.4) is 0 Å². The normalized spacial score (nSPS) is 18.2. The Morgan fingerprint density at radius 3 is 2.42 bits per heavy atom. The van der Waals surface area contributed by atoms with E-state index in [0.29, 0.717) is 37.4 Å². The Kier molecular flexibility index (Phi) is 6.74.